The molecule has 0 saturated heterocycles. The molecule has 0 radical (unpaired) electrons. The van der Waals surface area contributed by atoms with Crippen LogP contribution in [0.25, 0.3) is 0 Å². The van der Waals surface area contributed by atoms with Crippen LogP contribution in [0.3, 0.4) is 0 Å². The third-order valence-corrected chi connectivity index (χ3v) is 2.08. The van der Waals surface area contributed by atoms with E-state index in [9.17, 15) is 9.59 Å². The van der Waals surface area contributed by atoms with E-state index in [0.717, 1.165) is 17.7 Å². The number of carboxylic acids is 1. The minimum atomic E-state index is -1.19. The second-order valence-electron chi connectivity index (χ2n) is 3.33. The molecule has 1 unspecified atom stereocenters. The van der Waals surface area contributed by atoms with E-state index in [2.05, 4.69) is 5.32 Å². The van der Waals surface area contributed by atoms with Crippen LogP contribution in [0.5, 0.6) is 0 Å². The fourth-order valence-electron chi connectivity index (χ4n) is 1.29. The van der Waals surface area contributed by atoms with Crippen LogP contribution in [0.2, 0.25) is 0 Å². The number of carboxylic acid groups (broad SMARTS) is 1. The highest BCUT2D eigenvalue weighted by Crippen LogP contribution is 2.11. The summed E-state index contributed by atoms with van der Waals surface area (Å²) in [5.41, 5.74) is 0.757. The van der Waals surface area contributed by atoms with Gasteiger partial charge in [0.25, 0.3) is 0 Å². The molecule has 1 rings (SSSR count). The molecule has 1 atom stereocenters. The summed E-state index contributed by atoms with van der Waals surface area (Å²) in [7, 11) is 0. The lowest BCUT2D eigenvalue weighted by atomic mass is 10.1. The monoisotopic (exact) mass is 235 g/mol. The zero-order chi connectivity index (χ0) is 12.7. The number of hydrogen-bond donors (Lipinski definition) is 3. The van der Waals surface area contributed by atoms with E-state index in [1.165, 1.54) is 0 Å². The highest BCUT2D eigenvalue weighted by molar-refractivity contribution is 5.94. The van der Waals surface area contributed by atoms with Crippen LogP contribution in [0.15, 0.2) is 42.5 Å². The topological polar surface area (TPSA) is 86.6 Å². The molecule has 0 aliphatic heterocycles. The molecule has 0 aromatic heterocycles. The number of hydrogen-bond acceptors (Lipinski definition) is 3. The van der Waals surface area contributed by atoms with Crippen molar-refractivity contribution in [1.82, 2.24) is 5.32 Å². The van der Waals surface area contributed by atoms with E-state index in [4.69, 9.17) is 10.2 Å². The van der Waals surface area contributed by atoms with Gasteiger partial charge in [0.1, 0.15) is 0 Å². The summed E-state index contributed by atoms with van der Waals surface area (Å²) >= 11 is 0. The van der Waals surface area contributed by atoms with Gasteiger partial charge in [0.2, 0.25) is 5.91 Å². The lowest BCUT2D eigenvalue weighted by Gasteiger charge is -2.15. The van der Waals surface area contributed by atoms with Crippen molar-refractivity contribution in [2.45, 2.75) is 6.04 Å². The second kappa shape index (κ2) is 6.44. The van der Waals surface area contributed by atoms with Gasteiger partial charge in [-0.3, -0.25) is 4.79 Å². The first-order valence-electron chi connectivity index (χ1n) is 5.01. The van der Waals surface area contributed by atoms with Gasteiger partial charge < -0.3 is 15.5 Å². The van der Waals surface area contributed by atoms with Gasteiger partial charge in [-0.25, -0.2) is 4.79 Å². The number of nitrogens with one attached hydrogen (secondary N) is 1. The second-order valence-corrected chi connectivity index (χ2v) is 3.33. The first-order valence-corrected chi connectivity index (χ1v) is 5.01. The Labute approximate surface area is 98.4 Å². The van der Waals surface area contributed by atoms with E-state index < -0.39 is 17.9 Å². The first kappa shape index (κ1) is 12.9. The molecule has 0 bridgehead atoms. The first-order chi connectivity index (χ1) is 8.13. The molecule has 1 amide bonds. The average molecular weight is 235 g/mol. The van der Waals surface area contributed by atoms with Crippen molar-refractivity contribution in [1.29, 1.82) is 0 Å². The molecule has 5 nitrogen and oxygen atoms in total. The Bertz CT molecular complexity index is 414. The molecule has 0 aliphatic carbocycles. The predicted octanol–water partition coefficient (Wildman–Crippen LogP) is 0.477. The molecule has 5 heteroatoms. The number of carbonyl (C=O) groups is 2. The maximum atomic E-state index is 11.3. The van der Waals surface area contributed by atoms with Gasteiger partial charge in [-0.1, -0.05) is 30.3 Å². The summed E-state index contributed by atoms with van der Waals surface area (Å²) in [6.45, 7) is -0.253. The zero-order valence-electron chi connectivity index (χ0n) is 9.04. The van der Waals surface area contributed by atoms with Gasteiger partial charge in [0.05, 0.1) is 12.6 Å². The number of aliphatic hydroxyl groups is 1. The largest absolute Gasteiger partial charge is 0.478 e. The Balaban J connectivity index is 2.65. The number of aliphatic hydroxyl groups excluding tert-OH is 1. The Morgan fingerprint density at radius 2 is 1.88 bits per heavy atom. The average Bonchev–Trinajstić information content (AvgIpc) is 2.34. The SMILES string of the molecule is O=C(O)C=CC(=O)NC(CO)c1ccccc1. The predicted molar refractivity (Wildman–Crippen MR) is 61.2 cm³/mol. The Morgan fingerprint density at radius 3 is 2.41 bits per heavy atom. The summed E-state index contributed by atoms with van der Waals surface area (Å²) in [4.78, 5) is 21.5. The molecular formula is C12H13NO4. The molecule has 1 aromatic rings. The highest BCUT2D eigenvalue weighted by Gasteiger charge is 2.11. The van der Waals surface area contributed by atoms with Crippen LogP contribution in [-0.4, -0.2) is 28.7 Å². The van der Waals surface area contributed by atoms with Gasteiger partial charge in [0.15, 0.2) is 0 Å². The standard InChI is InChI=1S/C12H13NO4/c14-8-10(9-4-2-1-3-5-9)13-11(15)6-7-12(16)17/h1-7,10,14H,8H2,(H,13,15)(H,16,17). The molecule has 1 aromatic carbocycles. The van der Waals surface area contributed by atoms with Crippen LogP contribution in [-0.2, 0) is 9.59 Å². The van der Waals surface area contributed by atoms with Crippen molar-refractivity contribution in [2.24, 2.45) is 0 Å². The van der Waals surface area contributed by atoms with Crippen molar-refractivity contribution in [2.75, 3.05) is 6.61 Å². The van der Waals surface area contributed by atoms with Crippen molar-refractivity contribution in [3.8, 4) is 0 Å². The van der Waals surface area contributed by atoms with Gasteiger partial charge in [-0.05, 0) is 5.56 Å². The van der Waals surface area contributed by atoms with Crippen LogP contribution in [0.4, 0.5) is 0 Å². The number of benzene rings is 1. The molecule has 0 spiro atoms. The quantitative estimate of drug-likeness (QED) is 0.648. The van der Waals surface area contributed by atoms with Crippen LogP contribution in [0, 0.1) is 0 Å². The highest BCUT2D eigenvalue weighted by atomic mass is 16.4. The van der Waals surface area contributed by atoms with E-state index in [0.29, 0.717) is 0 Å². The fraction of sp³-hybridized carbons (Fsp3) is 0.167. The summed E-state index contributed by atoms with van der Waals surface area (Å²) in [6, 6.07) is 8.39. The normalized spacial score (nSPS) is 12.3. The lowest BCUT2D eigenvalue weighted by Crippen LogP contribution is -2.29. The van der Waals surface area contributed by atoms with E-state index in [1.807, 2.05) is 6.07 Å². The minimum Gasteiger partial charge on any atom is -0.478 e. The summed E-state index contributed by atoms with van der Waals surface area (Å²) in [5.74, 6) is -1.75. The molecule has 90 valence electrons. The number of amides is 1. The van der Waals surface area contributed by atoms with Crippen molar-refractivity contribution >= 4 is 11.9 Å². The van der Waals surface area contributed by atoms with E-state index >= 15 is 0 Å². The van der Waals surface area contributed by atoms with Crippen LogP contribution in [0.1, 0.15) is 11.6 Å². The molecule has 0 aliphatic rings. The Morgan fingerprint density at radius 1 is 1.24 bits per heavy atom. The van der Waals surface area contributed by atoms with Gasteiger partial charge in [-0.15, -0.1) is 0 Å². The maximum absolute atomic E-state index is 11.3. The molecule has 0 fully saturated rings. The number of carbonyl (C=O) groups excluding carboxylic acids is 1. The van der Waals surface area contributed by atoms with Crippen molar-refractivity contribution in [3.05, 3.63) is 48.0 Å². The van der Waals surface area contributed by atoms with Crippen molar-refractivity contribution in [3.63, 3.8) is 0 Å². The third kappa shape index (κ3) is 4.48. The molecule has 0 saturated carbocycles. The lowest BCUT2D eigenvalue weighted by molar-refractivity contribution is -0.131. The van der Waals surface area contributed by atoms with Crippen LogP contribution >= 0.6 is 0 Å². The third-order valence-electron chi connectivity index (χ3n) is 2.08. The summed E-state index contributed by atoms with van der Waals surface area (Å²) in [5, 5.41) is 20.0. The minimum absolute atomic E-state index is 0.253. The maximum Gasteiger partial charge on any atom is 0.328 e. The Hall–Kier alpha value is -2.14. The smallest absolute Gasteiger partial charge is 0.328 e. The molecule has 3 N–H and O–H groups in total. The van der Waals surface area contributed by atoms with E-state index in [1.54, 1.807) is 24.3 Å². The number of aliphatic carboxylic acids is 1. The van der Waals surface area contributed by atoms with E-state index in [-0.39, 0.29) is 6.61 Å². The van der Waals surface area contributed by atoms with Crippen molar-refractivity contribution < 1.29 is 19.8 Å². The van der Waals surface area contributed by atoms with Crippen LogP contribution < -0.4 is 5.32 Å². The van der Waals surface area contributed by atoms with Gasteiger partial charge in [-0.2, -0.15) is 0 Å². The molecule has 17 heavy (non-hydrogen) atoms. The number of rotatable bonds is 5. The molecular weight excluding hydrogens is 222 g/mol. The summed E-state index contributed by atoms with van der Waals surface area (Å²) in [6.07, 6.45) is 1.66. The Kier molecular flexibility index (Phi) is 4.90. The molecule has 0 heterocycles. The zero-order valence-corrected chi connectivity index (χ0v) is 9.04. The fourth-order valence-corrected chi connectivity index (χ4v) is 1.29. The van der Waals surface area contributed by atoms with Gasteiger partial charge in [0, 0.05) is 12.2 Å². The van der Waals surface area contributed by atoms with Gasteiger partial charge >= 0.3 is 5.97 Å². The summed E-state index contributed by atoms with van der Waals surface area (Å²) < 4.78 is 0.